The first-order valence-electron chi connectivity index (χ1n) is 7.73. The molecule has 3 rings (SSSR count). The van der Waals surface area contributed by atoms with Crippen LogP contribution in [0.2, 0.25) is 0 Å². The van der Waals surface area contributed by atoms with E-state index in [0.717, 1.165) is 19.4 Å². The molecule has 1 fully saturated rings. The standard InChI is InChI=1S/C16H18N2O6/c19-15(17-8-14-2-1-5-23-14)4-3-11-6-13(18(20)21)7-12-9-22-10-24-16(11)12/h3-4,6-7,14H,1-2,5,8-10H2,(H,17,19)/b4-3+. The minimum Gasteiger partial charge on any atom is -0.467 e. The summed E-state index contributed by atoms with van der Waals surface area (Å²) >= 11 is 0. The molecule has 0 aromatic heterocycles. The van der Waals surface area contributed by atoms with Crippen molar-refractivity contribution in [2.45, 2.75) is 25.6 Å². The fraction of sp³-hybridized carbons (Fsp3) is 0.438. The zero-order valence-electron chi connectivity index (χ0n) is 13.0. The highest BCUT2D eigenvalue weighted by molar-refractivity contribution is 5.92. The summed E-state index contributed by atoms with van der Waals surface area (Å²) in [6.07, 6.45) is 4.87. The first-order chi connectivity index (χ1) is 11.6. The van der Waals surface area contributed by atoms with E-state index in [0.29, 0.717) is 23.4 Å². The number of benzene rings is 1. The second-order valence-electron chi connectivity index (χ2n) is 5.60. The Kier molecular flexibility index (Phi) is 5.07. The zero-order chi connectivity index (χ0) is 16.9. The van der Waals surface area contributed by atoms with Gasteiger partial charge in [-0.1, -0.05) is 0 Å². The van der Waals surface area contributed by atoms with Crippen LogP contribution in [-0.2, 0) is 20.9 Å². The first kappa shape index (κ1) is 16.4. The Labute approximate surface area is 138 Å². The average molecular weight is 334 g/mol. The summed E-state index contributed by atoms with van der Waals surface area (Å²) in [4.78, 5) is 22.5. The van der Waals surface area contributed by atoms with E-state index < -0.39 is 4.92 Å². The molecule has 2 aliphatic rings. The fourth-order valence-corrected chi connectivity index (χ4v) is 2.70. The Balaban J connectivity index is 1.71. The third kappa shape index (κ3) is 3.90. The summed E-state index contributed by atoms with van der Waals surface area (Å²) in [6, 6.07) is 2.80. The Bertz CT molecular complexity index is 667. The van der Waals surface area contributed by atoms with Gasteiger partial charge in [0.1, 0.15) is 5.75 Å². The van der Waals surface area contributed by atoms with Gasteiger partial charge in [-0.05, 0) is 18.9 Å². The molecule has 1 atom stereocenters. The molecule has 1 aromatic carbocycles. The van der Waals surface area contributed by atoms with Crippen LogP contribution in [0.1, 0.15) is 24.0 Å². The molecule has 24 heavy (non-hydrogen) atoms. The van der Waals surface area contributed by atoms with Gasteiger partial charge in [-0.25, -0.2) is 0 Å². The molecule has 2 aliphatic heterocycles. The SMILES string of the molecule is O=C(/C=C/c1cc([N+](=O)[O-])cc2c1OCOC2)NCC1CCCO1. The first-order valence-corrected chi connectivity index (χ1v) is 7.73. The molecular weight excluding hydrogens is 316 g/mol. The lowest BCUT2D eigenvalue weighted by Gasteiger charge is -2.19. The molecule has 1 N–H and O–H groups in total. The molecule has 0 saturated carbocycles. The molecule has 1 amide bonds. The lowest BCUT2D eigenvalue weighted by Crippen LogP contribution is -2.30. The number of ether oxygens (including phenoxy) is 3. The Hall–Kier alpha value is -2.45. The zero-order valence-corrected chi connectivity index (χ0v) is 13.0. The van der Waals surface area contributed by atoms with Crippen LogP contribution in [0, 0.1) is 10.1 Å². The molecule has 128 valence electrons. The molecule has 8 heteroatoms. The second-order valence-corrected chi connectivity index (χ2v) is 5.60. The van der Waals surface area contributed by atoms with Crippen LogP contribution in [0.15, 0.2) is 18.2 Å². The molecule has 1 unspecified atom stereocenters. The number of fused-ring (bicyclic) bond motifs is 1. The van der Waals surface area contributed by atoms with E-state index in [2.05, 4.69) is 5.32 Å². The normalized spacial score (nSPS) is 19.8. The molecular formula is C16H18N2O6. The largest absolute Gasteiger partial charge is 0.467 e. The maximum Gasteiger partial charge on any atom is 0.270 e. The maximum atomic E-state index is 11.9. The predicted octanol–water partition coefficient (Wildman–Crippen LogP) is 1.77. The van der Waals surface area contributed by atoms with Gasteiger partial charge in [0.25, 0.3) is 5.69 Å². The molecule has 8 nitrogen and oxygen atoms in total. The van der Waals surface area contributed by atoms with Crippen molar-refractivity contribution in [1.82, 2.24) is 5.32 Å². The minimum atomic E-state index is -0.482. The van der Waals surface area contributed by atoms with E-state index in [4.69, 9.17) is 14.2 Å². The molecule has 0 radical (unpaired) electrons. The lowest BCUT2D eigenvalue weighted by molar-refractivity contribution is -0.385. The highest BCUT2D eigenvalue weighted by Crippen LogP contribution is 2.33. The summed E-state index contributed by atoms with van der Waals surface area (Å²) < 4.78 is 16.0. The van der Waals surface area contributed by atoms with Gasteiger partial charge in [0.05, 0.1) is 17.6 Å². The van der Waals surface area contributed by atoms with E-state index in [1.54, 1.807) is 0 Å². The summed E-state index contributed by atoms with van der Waals surface area (Å²) in [6.45, 7) is 1.51. The fourth-order valence-electron chi connectivity index (χ4n) is 2.70. The number of non-ortho nitro benzene ring substituents is 1. The van der Waals surface area contributed by atoms with Crippen molar-refractivity contribution in [3.63, 3.8) is 0 Å². The number of hydrogen-bond donors (Lipinski definition) is 1. The number of nitro groups is 1. The van der Waals surface area contributed by atoms with Crippen LogP contribution < -0.4 is 10.1 Å². The molecule has 1 saturated heterocycles. The average Bonchev–Trinajstić information content (AvgIpc) is 3.11. The van der Waals surface area contributed by atoms with Gasteiger partial charge < -0.3 is 19.5 Å². The highest BCUT2D eigenvalue weighted by atomic mass is 16.7. The highest BCUT2D eigenvalue weighted by Gasteiger charge is 2.20. The molecule has 0 bridgehead atoms. The van der Waals surface area contributed by atoms with E-state index >= 15 is 0 Å². The summed E-state index contributed by atoms with van der Waals surface area (Å²) in [5.74, 6) is 0.229. The van der Waals surface area contributed by atoms with Crippen LogP contribution in [0.3, 0.4) is 0 Å². The quantitative estimate of drug-likeness (QED) is 0.500. The number of nitrogens with one attached hydrogen (secondary N) is 1. The van der Waals surface area contributed by atoms with Crippen molar-refractivity contribution in [2.24, 2.45) is 0 Å². The van der Waals surface area contributed by atoms with E-state index in [-0.39, 0.29) is 31.1 Å². The van der Waals surface area contributed by atoms with Gasteiger partial charge in [-0.3, -0.25) is 14.9 Å². The van der Waals surface area contributed by atoms with Gasteiger partial charge >= 0.3 is 0 Å². The van der Waals surface area contributed by atoms with Crippen molar-refractivity contribution in [3.05, 3.63) is 39.4 Å². The molecule has 0 spiro atoms. The Morgan fingerprint density at radius 1 is 1.46 bits per heavy atom. The van der Waals surface area contributed by atoms with Gasteiger partial charge in [-0.2, -0.15) is 0 Å². The van der Waals surface area contributed by atoms with E-state index in [1.807, 2.05) is 0 Å². The van der Waals surface area contributed by atoms with Gasteiger partial charge in [0, 0.05) is 42.5 Å². The van der Waals surface area contributed by atoms with Crippen LogP contribution in [0.25, 0.3) is 6.08 Å². The topological polar surface area (TPSA) is 99.9 Å². The van der Waals surface area contributed by atoms with Gasteiger partial charge in [0.2, 0.25) is 5.91 Å². The smallest absolute Gasteiger partial charge is 0.270 e. The second kappa shape index (κ2) is 7.41. The number of amides is 1. The van der Waals surface area contributed by atoms with E-state index in [1.165, 1.54) is 24.3 Å². The number of carbonyl (C=O) groups excluding carboxylic acids is 1. The van der Waals surface area contributed by atoms with Gasteiger partial charge in [0.15, 0.2) is 6.79 Å². The predicted molar refractivity (Wildman–Crippen MR) is 84.4 cm³/mol. The summed E-state index contributed by atoms with van der Waals surface area (Å²) in [5, 5.41) is 13.8. The molecule has 0 aliphatic carbocycles. The van der Waals surface area contributed by atoms with Crippen molar-refractivity contribution < 1.29 is 23.9 Å². The Morgan fingerprint density at radius 3 is 3.08 bits per heavy atom. The van der Waals surface area contributed by atoms with E-state index in [9.17, 15) is 14.9 Å². The van der Waals surface area contributed by atoms with Gasteiger partial charge in [-0.15, -0.1) is 0 Å². The monoisotopic (exact) mass is 334 g/mol. The third-order valence-electron chi connectivity index (χ3n) is 3.88. The third-order valence-corrected chi connectivity index (χ3v) is 3.88. The maximum absolute atomic E-state index is 11.9. The van der Waals surface area contributed by atoms with Crippen LogP contribution in [0.5, 0.6) is 5.75 Å². The minimum absolute atomic E-state index is 0.0633. The number of carbonyl (C=O) groups is 1. The summed E-state index contributed by atoms with van der Waals surface area (Å²) in [5.41, 5.74) is 1.01. The number of rotatable bonds is 5. The number of nitro benzene ring substituents is 1. The van der Waals surface area contributed by atoms with Crippen LogP contribution >= 0.6 is 0 Å². The van der Waals surface area contributed by atoms with Crippen molar-refractivity contribution >= 4 is 17.7 Å². The molecule has 2 heterocycles. The number of nitrogens with zero attached hydrogens (tertiary/aromatic N) is 1. The lowest BCUT2D eigenvalue weighted by atomic mass is 10.1. The van der Waals surface area contributed by atoms with Crippen LogP contribution in [0.4, 0.5) is 5.69 Å². The Morgan fingerprint density at radius 2 is 2.33 bits per heavy atom. The van der Waals surface area contributed by atoms with Crippen LogP contribution in [-0.4, -0.2) is 36.9 Å². The van der Waals surface area contributed by atoms with Crippen molar-refractivity contribution in [2.75, 3.05) is 19.9 Å². The van der Waals surface area contributed by atoms with Crippen molar-refractivity contribution in [1.29, 1.82) is 0 Å². The number of hydrogen-bond acceptors (Lipinski definition) is 6. The summed E-state index contributed by atoms with van der Waals surface area (Å²) in [7, 11) is 0. The van der Waals surface area contributed by atoms with Crippen molar-refractivity contribution in [3.8, 4) is 5.75 Å². The molecule has 1 aromatic rings.